The Morgan fingerprint density at radius 2 is 1.77 bits per heavy atom. The lowest BCUT2D eigenvalue weighted by molar-refractivity contribution is -0.161. The zero-order chi connectivity index (χ0) is 30.7. The summed E-state index contributed by atoms with van der Waals surface area (Å²) in [5.41, 5.74) is 2.01. The summed E-state index contributed by atoms with van der Waals surface area (Å²) in [4.78, 5) is 22.0. The third-order valence-corrected chi connectivity index (χ3v) is 11.0. The molecule has 8 nitrogen and oxygen atoms in total. The number of nitrogens with zero attached hydrogens (tertiary/aromatic N) is 2. The summed E-state index contributed by atoms with van der Waals surface area (Å²) in [6, 6.07) is 24.0. The maximum atomic E-state index is 13.7. The molecule has 43 heavy (non-hydrogen) atoms. The number of esters is 1. The minimum atomic E-state index is -4.10. The molecule has 3 aromatic carbocycles. The molecule has 0 bridgehead atoms. The molecule has 0 spiro atoms. The number of hydrogen-bond acceptors (Lipinski definition) is 7. The van der Waals surface area contributed by atoms with Crippen LogP contribution in [-0.4, -0.2) is 35.1 Å². The number of benzene rings is 3. The largest absolute Gasteiger partial charge is 0.512 e. The van der Waals surface area contributed by atoms with E-state index in [9.17, 15) is 18.3 Å². The van der Waals surface area contributed by atoms with Crippen LogP contribution >= 0.6 is 22.6 Å². The maximum absolute atomic E-state index is 13.7. The van der Waals surface area contributed by atoms with Crippen molar-refractivity contribution < 1.29 is 23.1 Å². The number of alkyl halides is 1. The van der Waals surface area contributed by atoms with E-state index >= 15 is 0 Å². The van der Waals surface area contributed by atoms with Crippen molar-refractivity contribution in [3.63, 3.8) is 0 Å². The molecule has 224 valence electrons. The number of fused-ring (bicyclic) bond motifs is 1. The summed E-state index contributed by atoms with van der Waals surface area (Å²) in [6.07, 6.45) is 4.92. The number of nitrogens with one attached hydrogen (secondary N) is 1. The number of aliphatic hydroxyl groups is 1. The molecule has 1 aromatic heterocycles. The number of aliphatic hydroxyl groups excluding tert-OH is 1. The number of carbonyl (C=O) groups excluding carboxylic acids is 1. The third-order valence-electron chi connectivity index (χ3n) is 7.87. The van der Waals surface area contributed by atoms with E-state index in [0.717, 1.165) is 23.8 Å². The molecule has 0 aliphatic carbocycles. The smallest absolute Gasteiger partial charge is 0.339 e. The van der Waals surface area contributed by atoms with Crippen LogP contribution < -0.4 is 4.72 Å². The second-order valence-electron chi connectivity index (χ2n) is 10.9. The Morgan fingerprint density at radius 1 is 1.02 bits per heavy atom. The van der Waals surface area contributed by atoms with E-state index in [4.69, 9.17) is 4.74 Å². The molecule has 2 unspecified atom stereocenters. The summed E-state index contributed by atoms with van der Waals surface area (Å²) in [5, 5.41) is 11.9. The number of para-hydroxylation sites is 1. The second kappa shape index (κ2) is 12.6. The zero-order valence-electron chi connectivity index (χ0n) is 24.1. The molecule has 4 aromatic rings. The average Bonchev–Trinajstić information content (AvgIpc) is 3.00. The van der Waals surface area contributed by atoms with Crippen molar-refractivity contribution >= 4 is 55.2 Å². The van der Waals surface area contributed by atoms with Gasteiger partial charge < -0.3 is 9.84 Å². The lowest BCUT2D eigenvalue weighted by Crippen LogP contribution is -2.44. The van der Waals surface area contributed by atoms with E-state index in [0.29, 0.717) is 30.3 Å². The number of halogens is 1. The molecule has 1 aliphatic rings. The van der Waals surface area contributed by atoms with Gasteiger partial charge in [0.05, 0.1) is 14.5 Å². The first-order valence-electron chi connectivity index (χ1n) is 14.3. The lowest BCUT2D eigenvalue weighted by Gasteiger charge is -2.41. The fraction of sp³-hybridized carbons (Fsp3) is 0.303. The topological polar surface area (TPSA) is 118 Å². The van der Waals surface area contributed by atoms with Gasteiger partial charge in [-0.1, -0.05) is 104 Å². The molecule has 0 fully saturated rings. The predicted molar refractivity (Wildman–Crippen MR) is 176 cm³/mol. The van der Waals surface area contributed by atoms with Crippen LogP contribution in [0.3, 0.4) is 0 Å². The van der Waals surface area contributed by atoms with E-state index in [1.165, 1.54) is 6.20 Å². The highest BCUT2D eigenvalue weighted by molar-refractivity contribution is 14.1. The Labute approximate surface area is 265 Å². The Hall–Kier alpha value is -3.51. The fourth-order valence-electron chi connectivity index (χ4n) is 5.70. The molecular weight excluding hydrogens is 677 g/mol. The Kier molecular flexibility index (Phi) is 9.07. The van der Waals surface area contributed by atoms with Gasteiger partial charge >= 0.3 is 5.97 Å². The summed E-state index contributed by atoms with van der Waals surface area (Å²) >= 11 is 2.17. The van der Waals surface area contributed by atoms with E-state index in [-0.39, 0.29) is 28.6 Å². The van der Waals surface area contributed by atoms with Crippen molar-refractivity contribution in [1.82, 2.24) is 9.97 Å². The number of sulfonamides is 1. The van der Waals surface area contributed by atoms with E-state index in [2.05, 4.69) is 37.3 Å². The second-order valence-corrected chi connectivity index (χ2v) is 14.3. The standard InChI is InChI=1S/C33H34IN3O5S/c1-3-18-32(19-17-23-11-6-5-7-12-23)21-28(38)29(30(39)42-32)33(34,4-2)25-14-10-15-26(20-25)37-43(40,41)31-35-22-24-13-8-9-16-27(24)36-31/h5-16,20,22,37-38H,3-4,17-19,21H2,1-2H3. The molecule has 10 heteroatoms. The van der Waals surface area contributed by atoms with E-state index < -0.39 is 25.0 Å². The molecule has 2 atom stereocenters. The minimum absolute atomic E-state index is 0.0181. The quantitative estimate of drug-likeness (QED) is 0.0721. The monoisotopic (exact) mass is 711 g/mol. The first-order valence-corrected chi connectivity index (χ1v) is 16.9. The summed E-state index contributed by atoms with van der Waals surface area (Å²) < 4.78 is 34.2. The van der Waals surface area contributed by atoms with Crippen LogP contribution in [0, 0.1) is 0 Å². The van der Waals surface area contributed by atoms with Gasteiger partial charge in [-0.15, -0.1) is 0 Å². The van der Waals surface area contributed by atoms with Crippen LogP contribution in [0.2, 0.25) is 0 Å². The van der Waals surface area contributed by atoms with Crippen LogP contribution in [0.15, 0.2) is 102 Å². The molecule has 5 rings (SSSR count). The highest BCUT2D eigenvalue weighted by Gasteiger charge is 2.48. The number of cyclic esters (lactones) is 1. The molecule has 2 N–H and O–H groups in total. The minimum Gasteiger partial charge on any atom is -0.512 e. The van der Waals surface area contributed by atoms with Crippen LogP contribution in [0.1, 0.15) is 57.1 Å². The van der Waals surface area contributed by atoms with Crippen molar-refractivity contribution in [2.45, 2.75) is 66.6 Å². The van der Waals surface area contributed by atoms with Crippen molar-refractivity contribution in [3.8, 4) is 0 Å². The molecule has 0 saturated carbocycles. The summed E-state index contributed by atoms with van der Waals surface area (Å²) in [5.74, 6) is -0.526. The van der Waals surface area contributed by atoms with Gasteiger partial charge in [0, 0.05) is 23.7 Å². The normalized spacial score (nSPS) is 18.7. The van der Waals surface area contributed by atoms with Gasteiger partial charge in [0.1, 0.15) is 11.4 Å². The molecular formula is C33H34IN3O5S. The van der Waals surface area contributed by atoms with Gasteiger partial charge in [-0.2, -0.15) is 8.42 Å². The third kappa shape index (κ3) is 6.54. The van der Waals surface area contributed by atoms with Crippen molar-refractivity contribution in [2.75, 3.05) is 4.72 Å². The highest BCUT2D eigenvalue weighted by Crippen LogP contribution is 2.49. The Morgan fingerprint density at radius 3 is 2.49 bits per heavy atom. The van der Waals surface area contributed by atoms with Crippen LogP contribution in [0.5, 0.6) is 0 Å². The first kappa shape index (κ1) is 30.9. The lowest BCUT2D eigenvalue weighted by atomic mass is 9.80. The zero-order valence-corrected chi connectivity index (χ0v) is 27.1. The molecule has 0 saturated heterocycles. The Bertz CT molecular complexity index is 1780. The fourth-order valence-corrected chi connectivity index (χ4v) is 7.51. The van der Waals surface area contributed by atoms with Crippen LogP contribution in [0.4, 0.5) is 5.69 Å². The summed E-state index contributed by atoms with van der Waals surface area (Å²) in [7, 11) is -4.10. The number of carbonyl (C=O) groups is 1. The van der Waals surface area contributed by atoms with Crippen molar-refractivity contribution in [3.05, 3.63) is 108 Å². The van der Waals surface area contributed by atoms with Gasteiger partial charge in [0.2, 0.25) is 0 Å². The van der Waals surface area contributed by atoms with Gasteiger partial charge in [-0.3, -0.25) is 4.72 Å². The molecule has 1 aliphatic heterocycles. The van der Waals surface area contributed by atoms with Crippen molar-refractivity contribution in [2.24, 2.45) is 0 Å². The number of hydrogen-bond donors (Lipinski definition) is 2. The van der Waals surface area contributed by atoms with Crippen LogP contribution in [0.25, 0.3) is 10.9 Å². The molecule has 2 heterocycles. The SMILES string of the molecule is CCCC1(CCc2ccccc2)CC(O)=C(C(I)(CC)c2cccc(NS(=O)(=O)c3ncc4ccccc4n3)c2)C(=O)O1. The maximum Gasteiger partial charge on any atom is 0.339 e. The number of rotatable bonds is 11. The number of aryl methyl sites for hydroxylation is 1. The number of anilines is 1. The van der Waals surface area contributed by atoms with E-state index in [1.807, 2.05) is 62.4 Å². The number of aromatic nitrogens is 2. The molecule has 0 amide bonds. The van der Waals surface area contributed by atoms with E-state index in [1.54, 1.807) is 30.3 Å². The highest BCUT2D eigenvalue weighted by atomic mass is 127. The van der Waals surface area contributed by atoms with Gasteiger partial charge in [-0.25, -0.2) is 14.8 Å². The molecule has 0 radical (unpaired) electrons. The first-order chi connectivity index (χ1) is 20.6. The predicted octanol–water partition coefficient (Wildman–Crippen LogP) is 7.40. The van der Waals surface area contributed by atoms with Gasteiger partial charge in [0.15, 0.2) is 0 Å². The van der Waals surface area contributed by atoms with Crippen molar-refractivity contribution in [1.29, 1.82) is 0 Å². The van der Waals surface area contributed by atoms with Crippen LogP contribution in [-0.2, 0) is 29.4 Å². The summed E-state index contributed by atoms with van der Waals surface area (Å²) in [6.45, 7) is 3.96. The van der Waals surface area contributed by atoms with Gasteiger partial charge in [-0.05, 0) is 55.0 Å². The average molecular weight is 712 g/mol. The Balaban J connectivity index is 1.43. The number of ether oxygens (including phenoxy) is 1. The van der Waals surface area contributed by atoms with Gasteiger partial charge in [0.25, 0.3) is 15.2 Å².